The van der Waals surface area contributed by atoms with Crippen LogP contribution in [0, 0.1) is 0 Å². The average Bonchev–Trinajstić information content (AvgIpc) is 2.78. The minimum absolute atomic E-state index is 0.184. The number of anilines is 1. The van der Waals surface area contributed by atoms with Crippen LogP contribution in [0.25, 0.3) is 0 Å². The van der Waals surface area contributed by atoms with E-state index in [1.165, 1.54) is 5.56 Å². The highest BCUT2D eigenvalue weighted by Crippen LogP contribution is 2.39. The van der Waals surface area contributed by atoms with E-state index in [0.717, 1.165) is 28.6 Å². The molecule has 0 heterocycles. The quantitative estimate of drug-likeness (QED) is 0.352. The Hall–Kier alpha value is -3.72. The predicted octanol–water partition coefficient (Wildman–Crippen LogP) is 7.18. The smallest absolute Gasteiger partial charge is 0.131 e. The lowest BCUT2D eigenvalue weighted by Crippen LogP contribution is -2.19. The van der Waals surface area contributed by atoms with E-state index in [9.17, 15) is 0 Å². The Balaban J connectivity index is 1.54. The summed E-state index contributed by atoms with van der Waals surface area (Å²) in [5.74, 6) is 3.09. The van der Waals surface area contributed by atoms with Crippen molar-refractivity contribution in [3.63, 3.8) is 0 Å². The van der Waals surface area contributed by atoms with Gasteiger partial charge in [0.05, 0.1) is 0 Å². The van der Waals surface area contributed by atoms with Crippen LogP contribution in [0.4, 0.5) is 5.69 Å². The van der Waals surface area contributed by atoms with Crippen molar-refractivity contribution in [2.45, 2.75) is 19.3 Å². The molecule has 0 aliphatic carbocycles. The molecule has 3 heteroatoms. The van der Waals surface area contributed by atoms with Gasteiger partial charge in [-0.05, 0) is 60.2 Å². The minimum atomic E-state index is -0.184. The van der Waals surface area contributed by atoms with E-state index in [4.69, 9.17) is 15.2 Å². The molecule has 0 radical (unpaired) electrons. The topological polar surface area (TPSA) is 44.5 Å². The molecule has 0 atom stereocenters. The van der Waals surface area contributed by atoms with Crippen LogP contribution in [0.3, 0.4) is 0 Å². The van der Waals surface area contributed by atoms with E-state index in [0.29, 0.717) is 5.69 Å². The molecule has 0 unspecified atom stereocenters. The second-order valence-corrected chi connectivity index (χ2v) is 7.73. The summed E-state index contributed by atoms with van der Waals surface area (Å²) in [6, 6.07) is 33.6. The summed E-state index contributed by atoms with van der Waals surface area (Å²) in [5, 5.41) is 0. The van der Waals surface area contributed by atoms with Gasteiger partial charge in [0.1, 0.15) is 23.0 Å². The standard InChI is InChI=1S/C27H25NO2/c1-27(2,20-8-4-3-5-9-20)25-10-6-7-11-26(25)30-24-18-16-23(17-19-24)29-22-14-12-21(28)13-15-22/h3-19H,28H2,1-2H3. The summed E-state index contributed by atoms with van der Waals surface area (Å²) in [5.41, 5.74) is 8.63. The van der Waals surface area contributed by atoms with Crippen LogP contribution in [-0.2, 0) is 5.41 Å². The van der Waals surface area contributed by atoms with Gasteiger partial charge in [-0.2, -0.15) is 0 Å². The molecule has 4 aromatic rings. The molecule has 0 aromatic heterocycles. The number of nitrogens with two attached hydrogens (primary N) is 1. The monoisotopic (exact) mass is 395 g/mol. The summed E-state index contributed by atoms with van der Waals surface area (Å²) < 4.78 is 12.1. The second kappa shape index (κ2) is 8.34. The Labute approximate surface area is 177 Å². The molecule has 0 bridgehead atoms. The van der Waals surface area contributed by atoms with Gasteiger partial charge in [-0.1, -0.05) is 62.4 Å². The molecule has 0 fully saturated rings. The molecular weight excluding hydrogens is 370 g/mol. The Morgan fingerprint density at radius 2 is 1.07 bits per heavy atom. The zero-order chi connectivity index (χ0) is 21.0. The number of benzene rings is 4. The first-order valence-electron chi connectivity index (χ1n) is 9.99. The highest BCUT2D eigenvalue weighted by atomic mass is 16.5. The Kier molecular flexibility index (Phi) is 5.44. The number of hydrogen-bond donors (Lipinski definition) is 1. The zero-order valence-corrected chi connectivity index (χ0v) is 17.2. The van der Waals surface area contributed by atoms with E-state index in [2.05, 4.69) is 50.2 Å². The molecule has 0 saturated carbocycles. The molecule has 30 heavy (non-hydrogen) atoms. The second-order valence-electron chi connectivity index (χ2n) is 7.73. The van der Waals surface area contributed by atoms with E-state index in [1.807, 2.05) is 66.7 Å². The van der Waals surface area contributed by atoms with Gasteiger partial charge in [0.15, 0.2) is 0 Å². The molecule has 150 valence electrons. The van der Waals surface area contributed by atoms with Crippen LogP contribution >= 0.6 is 0 Å². The van der Waals surface area contributed by atoms with Crippen molar-refractivity contribution in [2.24, 2.45) is 0 Å². The SMILES string of the molecule is CC(C)(c1ccccc1)c1ccccc1Oc1ccc(Oc2ccc(N)cc2)cc1. The molecule has 0 saturated heterocycles. The maximum Gasteiger partial charge on any atom is 0.131 e. The van der Waals surface area contributed by atoms with Crippen molar-refractivity contribution in [1.29, 1.82) is 0 Å². The highest BCUT2D eigenvalue weighted by Gasteiger charge is 2.26. The van der Waals surface area contributed by atoms with Gasteiger partial charge in [0.25, 0.3) is 0 Å². The molecule has 4 aromatic carbocycles. The molecule has 2 N–H and O–H groups in total. The molecule has 3 nitrogen and oxygen atoms in total. The van der Waals surface area contributed by atoms with Crippen molar-refractivity contribution >= 4 is 5.69 Å². The molecular formula is C27H25NO2. The van der Waals surface area contributed by atoms with Gasteiger partial charge in [0.2, 0.25) is 0 Å². The largest absolute Gasteiger partial charge is 0.457 e. The lowest BCUT2D eigenvalue weighted by Gasteiger charge is -2.28. The summed E-state index contributed by atoms with van der Waals surface area (Å²) in [6.45, 7) is 4.43. The molecule has 4 rings (SSSR count). The van der Waals surface area contributed by atoms with Crippen molar-refractivity contribution in [3.05, 3.63) is 114 Å². The summed E-state index contributed by atoms with van der Waals surface area (Å²) in [4.78, 5) is 0. The molecule has 0 aliphatic heterocycles. The minimum Gasteiger partial charge on any atom is -0.457 e. The highest BCUT2D eigenvalue weighted by molar-refractivity contribution is 5.48. The Morgan fingerprint density at radius 3 is 1.70 bits per heavy atom. The first-order chi connectivity index (χ1) is 14.5. The number of para-hydroxylation sites is 1. The van der Waals surface area contributed by atoms with Crippen LogP contribution in [0.15, 0.2) is 103 Å². The average molecular weight is 396 g/mol. The van der Waals surface area contributed by atoms with Crippen LogP contribution < -0.4 is 15.2 Å². The summed E-state index contributed by atoms with van der Waals surface area (Å²) >= 11 is 0. The van der Waals surface area contributed by atoms with Gasteiger partial charge in [-0.25, -0.2) is 0 Å². The van der Waals surface area contributed by atoms with E-state index >= 15 is 0 Å². The molecule has 0 spiro atoms. The van der Waals surface area contributed by atoms with Crippen LogP contribution in [0.5, 0.6) is 23.0 Å². The first kappa shape index (κ1) is 19.6. The molecule has 0 amide bonds. The maximum atomic E-state index is 6.27. The zero-order valence-electron chi connectivity index (χ0n) is 17.2. The fourth-order valence-electron chi connectivity index (χ4n) is 3.46. The van der Waals surface area contributed by atoms with Gasteiger partial charge >= 0.3 is 0 Å². The normalized spacial score (nSPS) is 11.1. The lowest BCUT2D eigenvalue weighted by atomic mass is 9.78. The van der Waals surface area contributed by atoms with E-state index in [1.54, 1.807) is 0 Å². The van der Waals surface area contributed by atoms with E-state index < -0.39 is 0 Å². The summed E-state index contributed by atoms with van der Waals surface area (Å²) in [6.07, 6.45) is 0. The van der Waals surface area contributed by atoms with Crippen molar-refractivity contribution in [3.8, 4) is 23.0 Å². The van der Waals surface area contributed by atoms with Crippen molar-refractivity contribution in [1.82, 2.24) is 0 Å². The summed E-state index contributed by atoms with van der Waals surface area (Å²) in [7, 11) is 0. The van der Waals surface area contributed by atoms with Gasteiger partial charge in [-0.3, -0.25) is 0 Å². The van der Waals surface area contributed by atoms with E-state index in [-0.39, 0.29) is 5.41 Å². The lowest BCUT2D eigenvalue weighted by molar-refractivity contribution is 0.456. The number of rotatable bonds is 6. The van der Waals surface area contributed by atoms with Gasteiger partial charge < -0.3 is 15.2 Å². The number of nitrogen functional groups attached to an aromatic ring is 1. The number of ether oxygens (including phenoxy) is 2. The molecule has 0 aliphatic rings. The predicted molar refractivity (Wildman–Crippen MR) is 122 cm³/mol. The van der Waals surface area contributed by atoms with Crippen molar-refractivity contribution < 1.29 is 9.47 Å². The van der Waals surface area contributed by atoms with Crippen LogP contribution in [-0.4, -0.2) is 0 Å². The third-order valence-corrected chi connectivity index (χ3v) is 5.22. The fraction of sp³-hybridized carbons (Fsp3) is 0.111. The first-order valence-corrected chi connectivity index (χ1v) is 9.99. The van der Waals surface area contributed by atoms with Crippen LogP contribution in [0.2, 0.25) is 0 Å². The third-order valence-electron chi connectivity index (χ3n) is 5.22. The fourth-order valence-corrected chi connectivity index (χ4v) is 3.46. The number of hydrogen-bond acceptors (Lipinski definition) is 3. The maximum absolute atomic E-state index is 6.27. The van der Waals surface area contributed by atoms with Crippen molar-refractivity contribution in [2.75, 3.05) is 5.73 Å². The Bertz CT molecular complexity index is 1100. The third kappa shape index (κ3) is 4.31. The van der Waals surface area contributed by atoms with Gasteiger partial charge in [0, 0.05) is 16.7 Å². The van der Waals surface area contributed by atoms with Gasteiger partial charge in [-0.15, -0.1) is 0 Å². The Morgan fingerprint density at radius 1 is 0.567 bits per heavy atom. The van der Waals surface area contributed by atoms with Crippen LogP contribution in [0.1, 0.15) is 25.0 Å².